The predicted octanol–water partition coefficient (Wildman–Crippen LogP) is 5.09. The molecule has 2 aromatic carbocycles. The Kier molecular flexibility index (Phi) is 9.29. The zero-order valence-corrected chi connectivity index (χ0v) is 20.8. The summed E-state index contributed by atoms with van der Waals surface area (Å²) in [6, 6.07) is 14.9. The molecule has 2 amide bonds. The lowest BCUT2D eigenvalue weighted by atomic mass is 9.98. The van der Waals surface area contributed by atoms with Crippen molar-refractivity contribution < 1.29 is 24.2 Å². The van der Waals surface area contributed by atoms with Crippen LogP contribution in [0, 0.1) is 5.92 Å². The van der Waals surface area contributed by atoms with Gasteiger partial charge in [0.05, 0.1) is 0 Å². The van der Waals surface area contributed by atoms with E-state index in [4.69, 9.17) is 4.74 Å². The molecule has 0 saturated heterocycles. The van der Waals surface area contributed by atoms with Gasteiger partial charge in [-0.2, -0.15) is 0 Å². The van der Waals surface area contributed by atoms with Gasteiger partial charge in [-0.15, -0.1) is 0 Å². The van der Waals surface area contributed by atoms with Crippen molar-refractivity contribution >= 4 is 18.0 Å². The topological polar surface area (TPSA) is 105 Å². The molecule has 188 valence electrons. The Balaban J connectivity index is 1.56. The highest BCUT2D eigenvalue weighted by molar-refractivity contribution is 5.84. The van der Waals surface area contributed by atoms with Crippen molar-refractivity contribution in [2.45, 2.75) is 70.9 Å². The van der Waals surface area contributed by atoms with Crippen LogP contribution in [0.3, 0.4) is 0 Å². The van der Waals surface area contributed by atoms with Gasteiger partial charge < -0.3 is 20.5 Å². The number of carboxylic acid groups (broad SMARTS) is 1. The molecule has 0 aliphatic heterocycles. The van der Waals surface area contributed by atoms with Crippen molar-refractivity contribution in [3.63, 3.8) is 0 Å². The van der Waals surface area contributed by atoms with Crippen LogP contribution in [0.2, 0.25) is 0 Å². The molecule has 0 fully saturated rings. The number of fused-ring (bicyclic) bond motifs is 3. The first-order valence-corrected chi connectivity index (χ1v) is 12.4. The lowest BCUT2D eigenvalue weighted by Gasteiger charge is -2.21. The molecule has 7 nitrogen and oxygen atoms in total. The molecule has 3 rings (SSSR count). The average molecular weight is 481 g/mol. The van der Waals surface area contributed by atoms with Crippen LogP contribution in [0.5, 0.6) is 0 Å². The minimum atomic E-state index is -1.05. The van der Waals surface area contributed by atoms with E-state index in [1.165, 1.54) is 0 Å². The summed E-state index contributed by atoms with van der Waals surface area (Å²) in [5.74, 6) is -1.13. The third kappa shape index (κ3) is 7.07. The quantitative estimate of drug-likeness (QED) is 0.392. The highest BCUT2D eigenvalue weighted by atomic mass is 16.5. The lowest BCUT2D eigenvalue weighted by Crippen LogP contribution is -2.45. The fourth-order valence-corrected chi connectivity index (χ4v) is 4.61. The van der Waals surface area contributed by atoms with Crippen molar-refractivity contribution in [3.8, 4) is 11.1 Å². The van der Waals surface area contributed by atoms with Gasteiger partial charge in [-0.05, 0) is 47.4 Å². The number of hydrogen-bond acceptors (Lipinski definition) is 4. The van der Waals surface area contributed by atoms with Crippen LogP contribution >= 0.6 is 0 Å². The fourth-order valence-electron chi connectivity index (χ4n) is 4.61. The summed E-state index contributed by atoms with van der Waals surface area (Å²) in [7, 11) is 0. The molecule has 1 aliphatic rings. The number of nitrogens with one attached hydrogen (secondary N) is 2. The summed E-state index contributed by atoms with van der Waals surface area (Å²) in [5.41, 5.74) is 4.57. The van der Waals surface area contributed by atoms with E-state index in [1.54, 1.807) is 0 Å². The van der Waals surface area contributed by atoms with Crippen LogP contribution in [0.4, 0.5) is 4.79 Å². The summed E-state index contributed by atoms with van der Waals surface area (Å²) >= 11 is 0. The number of aliphatic carboxylic acids is 1. The monoisotopic (exact) mass is 480 g/mol. The first kappa shape index (κ1) is 26.3. The van der Waals surface area contributed by atoms with E-state index < -0.39 is 30.1 Å². The molecular formula is C28H36N2O5. The molecule has 2 aromatic rings. The zero-order chi connectivity index (χ0) is 25.4. The predicted molar refractivity (Wildman–Crippen MR) is 135 cm³/mol. The number of hydrogen-bond donors (Lipinski definition) is 3. The molecule has 3 N–H and O–H groups in total. The number of amides is 2. The Labute approximate surface area is 207 Å². The Morgan fingerprint density at radius 2 is 1.51 bits per heavy atom. The number of carboxylic acids is 1. The van der Waals surface area contributed by atoms with Crippen LogP contribution < -0.4 is 10.6 Å². The van der Waals surface area contributed by atoms with E-state index in [0.29, 0.717) is 25.2 Å². The molecule has 2 unspecified atom stereocenters. The highest BCUT2D eigenvalue weighted by Gasteiger charge is 2.29. The van der Waals surface area contributed by atoms with E-state index >= 15 is 0 Å². The summed E-state index contributed by atoms with van der Waals surface area (Å²) in [5, 5.41) is 14.8. The van der Waals surface area contributed by atoms with E-state index in [1.807, 2.05) is 45.0 Å². The largest absolute Gasteiger partial charge is 0.480 e. The maximum Gasteiger partial charge on any atom is 0.407 e. The van der Waals surface area contributed by atoms with Gasteiger partial charge in [0.25, 0.3) is 0 Å². The van der Waals surface area contributed by atoms with Crippen LogP contribution in [-0.2, 0) is 14.3 Å². The third-order valence-corrected chi connectivity index (χ3v) is 6.40. The number of alkyl carbamates (subject to hydrolysis) is 1. The SMILES string of the molecule is CCCC(CC(=O)NC(CCC(C)C)C(=O)O)NC(=O)OCC1c2ccccc2-c2ccccc21. The van der Waals surface area contributed by atoms with Crippen LogP contribution in [0.1, 0.15) is 69.9 Å². The minimum Gasteiger partial charge on any atom is -0.480 e. The standard InChI is InChI=1S/C28H36N2O5/c1-4-9-19(16-26(31)30-25(27(32)33)15-14-18(2)3)29-28(34)35-17-24-22-12-7-5-10-20(22)21-11-6-8-13-23(21)24/h5-8,10-13,18-19,24-25H,4,9,14-17H2,1-3H3,(H,29,34)(H,30,31)(H,32,33). The molecule has 1 aliphatic carbocycles. The first-order chi connectivity index (χ1) is 16.8. The van der Waals surface area contributed by atoms with Crippen molar-refractivity contribution in [1.82, 2.24) is 10.6 Å². The lowest BCUT2D eigenvalue weighted by molar-refractivity contribution is -0.142. The second-order valence-electron chi connectivity index (χ2n) is 9.59. The van der Waals surface area contributed by atoms with Gasteiger partial charge in [0.2, 0.25) is 5.91 Å². The van der Waals surface area contributed by atoms with E-state index in [9.17, 15) is 19.5 Å². The summed E-state index contributed by atoms with van der Waals surface area (Å²) in [6.07, 6.45) is 1.85. The van der Waals surface area contributed by atoms with Gasteiger partial charge >= 0.3 is 12.1 Å². The molecule has 0 spiro atoms. The van der Waals surface area contributed by atoms with Gasteiger partial charge in [0, 0.05) is 18.4 Å². The zero-order valence-electron chi connectivity index (χ0n) is 20.8. The fraction of sp³-hybridized carbons (Fsp3) is 0.464. The summed E-state index contributed by atoms with van der Waals surface area (Å²) in [6.45, 7) is 6.18. The van der Waals surface area contributed by atoms with Gasteiger partial charge in [-0.25, -0.2) is 9.59 Å². The summed E-state index contributed by atoms with van der Waals surface area (Å²) < 4.78 is 5.61. The molecule has 0 saturated carbocycles. The molecule has 2 atom stereocenters. The molecular weight excluding hydrogens is 444 g/mol. The van der Waals surface area contributed by atoms with Gasteiger partial charge in [-0.3, -0.25) is 4.79 Å². The molecule has 7 heteroatoms. The van der Waals surface area contributed by atoms with Gasteiger partial charge in [0.1, 0.15) is 12.6 Å². The third-order valence-electron chi connectivity index (χ3n) is 6.40. The van der Waals surface area contributed by atoms with Gasteiger partial charge in [-0.1, -0.05) is 75.7 Å². The second-order valence-corrected chi connectivity index (χ2v) is 9.59. The molecule has 35 heavy (non-hydrogen) atoms. The molecule has 0 aromatic heterocycles. The Morgan fingerprint density at radius 1 is 0.914 bits per heavy atom. The smallest absolute Gasteiger partial charge is 0.407 e. The number of rotatable bonds is 12. The Bertz CT molecular complexity index is 990. The van der Waals surface area contributed by atoms with Crippen LogP contribution in [-0.4, -0.2) is 41.8 Å². The van der Waals surface area contributed by atoms with E-state index in [-0.39, 0.29) is 18.9 Å². The van der Waals surface area contributed by atoms with E-state index in [2.05, 4.69) is 34.9 Å². The second kappa shape index (κ2) is 12.4. The number of carbonyl (C=O) groups excluding carboxylic acids is 2. The maximum atomic E-state index is 12.6. The van der Waals surface area contributed by atoms with Crippen molar-refractivity contribution in [2.24, 2.45) is 5.92 Å². The van der Waals surface area contributed by atoms with Crippen molar-refractivity contribution in [2.75, 3.05) is 6.61 Å². The van der Waals surface area contributed by atoms with Crippen molar-refractivity contribution in [3.05, 3.63) is 59.7 Å². The number of carbonyl (C=O) groups is 3. The van der Waals surface area contributed by atoms with Crippen LogP contribution in [0.15, 0.2) is 48.5 Å². The molecule has 0 radical (unpaired) electrons. The number of ether oxygens (including phenoxy) is 1. The Morgan fingerprint density at radius 3 is 2.06 bits per heavy atom. The van der Waals surface area contributed by atoms with Crippen LogP contribution in [0.25, 0.3) is 11.1 Å². The molecule has 0 heterocycles. The van der Waals surface area contributed by atoms with E-state index in [0.717, 1.165) is 28.7 Å². The van der Waals surface area contributed by atoms with Gasteiger partial charge in [0.15, 0.2) is 0 Å². The highest BCUT2D eigenvalue weighted by Crippen LogP contribution is 2.44. The first-order valence-electron chi connectivity index (χ1n) is 12.4. The normalized spacial score (nSPS) is 14.1. The summed E-state index contributed by atoms with van der Waals surface area (Å²) in [4.78, 5) is 36.7. The number of benzene rings is 2. The minimum absolute atomic E-state index is 0.00347. The van der Waals surface area contributed by atoms with Crippen molar-refractivity contribution in [1.29, 1.82) is 0 Å². The Hall–Kier alpha value is -3.35. The molecule has 0 bridgehead atoms. The maximum absolute atomic E-state index is 12.6. The average Bonchev–Trinajstić information content (AvgIpc) is 3.14.